The molecule has 0 spiro atoms. The minimum atomic E-state index is -0.0520. The van der Waals surface area contributed by atoms with E-state index < -0.39 is 0 Å². The maximum absolute atomic E-state index is 12.6. The molecule has 3 aromatic heterocycles. The predicted molar refractivity (Wildman–Crippen MR) is 97.4 cm³/mol. The van der Waals surface area contributed by atoms with Crippen LogP contribution in [-0.4, -0.2) is 28.0 Å². The van der Waals surface area contributed by atoms with Crippen LogP contribution in [0.5, 0.6) is 0 Å². The Morgan fingerprint density at radius 1 is 1.16 bits per heavy atom. The summed E-state index contributed by atoms with van der Waals surface area (Å²) in [6.45, 7) is 0.348. The lowest BCUT2D eigenvalue weighted by Gasteiger charge is -2.15. The fourth-order valence-electron chi connectivity index (χ4n) is 2.65. The molecule has 0 N–H and O–H groups in total. The van der Waals surface area contributed by atoms with Crippen molar-refractivity contribution in [3.8, 4) is 11.4 Å². The molecule has 0 atom stereocenters. The molecule has 0 bridgehead atoms. The summed E-state index contributed by atoms with van der Waals surface area (Å²) in [5.41, 5.74) is 2.07. The largest absolute Gasteiger partial charge is 0.359 e. The molecular weight excluding hydrogens is 334 g/mol. The summed E-state index contributed by atoms with van der Waals surface area (Å²) >= 11 is 1.67. The number of fused-ring (bicyclic) bond motifs is 1. The third-order valence-electron chi connectivity index (χ3n) is 3.93. The van der Waals surface area contributed by atoms with E-state index in [0.29, 0.717) is 23.6 Å². The molecule has 0 saturated heterocycles. The predicted octanol–water partition coefficient (Wildman–Crippen LogP) is 4.22. The van der Waals surface area contributed by atoms with Crippen molar-refractivity contribution in [2.45, 2.75) is 6.54 Å². The summed E-state index contributed by atoms with van der Waals surface area (Å²) in [5.74, 6) is 0.567. The van der Waals surface area contributed by atoms with Gasteiger partial charge < -0.3 is 9.42 Å². The van der Waals surface area contributed by atoms with E-state index >= 15 is 0 Å². The molecule has 0 aliphatic carbocycles. The van der Waals surface area contributed by atoms with Gasteiger partial charge in [-0.1, -0.05) is 11.2 Å². The first-order valence-electron chi connectivity index (χ1n) is 7.80. The molecule has 1 aromatic carbocycles. The molecule has 1 amide bonds. The fourth-order valence-corrected chi connectivity index (χ4v) is 3.42. The number of amides is 1. The zero-order valence-electron chi connectivity index (χ0n) is 13.5. The first-order valence-corrected chi connectivity index (χ1v) is 8.68. The number of carbonyl (C=O) groups excluding carboxylic acids is 1. The summed E-state index contributed by atoms with van der Waals surface area (Å²) in [6, 6.07) is 15.2. The second kappa shape index (κ2) is 6.49. The van der Waals surface area contributed by atoms with Crippen molar-refractivity contribution in [2.75, 3.05) is 7.05 Å². The van der Waals surface area contributed by atoms with Crippen LogP contribution in [0.3, 0.4) is 0 Å². The quantitative estimate of drug-likeness (QED) is 0.553. The lowest BCUT2D eigenvalue weighted by Crippen LogP contribution is -2.25. The van der Waals surface area contributed by atoms with Crippen LogP contribution in [-0.2, 0) is 6.54 Å². The second-order valence-corrected chi connectivity index (χ2v) is 6.68. The number of carbonyl (C=O) groups is 1. The van der Waals surface area contributed by atoms with Gasteiger partial charge in [0, 0.05) is 29.6 Å². The van der Waals surface area contributed by atoms with Gasteiger partial charge in [0.25, 0.3) is 5.91 Å². The average molecular weight is 349 g/mol. The van der Waals surface area contributed by atoms with Gasteiger partial charge in [-0.3, -0.25) is 9.78 Å². The van der Waals surface area contributed by atoms with Gasteiger partial charge in [-0.15, -0.1) is 11.3 Å². The van der Waals surface area contributed by atoms with Gasteiger partial charge in [0.05, 0.1) is 12.2 Å². The zero-order chi connectivity index (χ0) is 17.2. The van der Waals surface area contributed by atoms with E-state index in [4.69, 9.17) is 4.52 Å². The summed E-state index contributed by atoms with van der Waals surface area (Å²) in [6.07, 6.45) is 1.71. The van der Waals surface area contributed by atoms with E-state index in [0.717, 1.165) is 11.1 Å². The van der Waals surface area contributed by atoms with E-state index in [1.54, 1.807) is 29.5 Å². The highest BCUT2D eigenvalue weighted by Gasteiger charge is 2.16. The highest BCUT2D eigenvalue weighted by molar-refractivity contribution is 7.17. The minimum absolute atomic E-state index is 0.0520. The topological polar surface area (TPSA) is 59.2 Å². The van der Waals surface area contributed by atoms with Crippen molar-refractivity contribution < 1.29 is 9.32 Å². The van der Waals surface area contributed by atoms with Crippen molar-refractivity contribution in [3.05, 3.63) is 71.4 Å². The third-order valence-corrected chi connectivity index (χ3v) is 4.82. The Bertz CT molecular complexity index is 1020. The van der Waals surface area contributed by atoms with Crippen molar-refractivity contribution in [3.63, 3.8) is 0 Å². The second-order valence-electron chi connectivity index (χ2n) is 5.73. The van der Waals surface area contributed by atoms with Gasteiger partial charge in [0.1, 0.15) is 5.69 Å². The van der Waals surface area contributed by atoms with Gasteiger partial charge in [-0.25, -0.2) is 0 Å². The number of rotatable bonds is 4. The molecule has 0 aliphatic heterocycles. The number of nitrogens with zero attached hydrogens (tertiary/aromatic N) is 3. The van der Waals surface area contributed by atoms with Crippen LogP contribution in [0.15, 0.2) is 64.6 Å². The molecule has 25 heavy (non-hydrogen) atoms. The molecule has 0 saturated carbocycles. The lowest BCUT2D eigenvalue weighted by atomic mass is 10.1. The van der Waals surface area contributed by atoms with Crippen molar-refractivity contribution >= 4 is 27.3 Å². The van der Waals surface area contributed by atoms with Crippen LogP contribution in [0.25, 0.3) is 21.5 Å². The molecule has 4 rings (SSSR count). The number of thiophene rings is 1. The Kier molecular flexibility index (Phi) is 4.03. The lowest BCUT2D eigenvalue weighted by molar-refractivity contribution is 0.0772. The van der Waals surface area contributed by atoms with Crippen molar-refractivity contribution in [2.24, 2.45) is 0 Å². The highest BCUT2D eigenvalue weighted by atomic mass is 32.1. The van der Waals surface area contributed by atoms with Crippen molar-refractivity contribution in [1.29, 1.82) is 0 Å². The molecule has 4 aromatic rings. The Morgan fingerprint density at radius 3 is 2.92 bits per heavy atom. The van der Waals surface area contributed by atoms with E-state index in [2.05, 4.69) is 10.1 Å². The number of benzene rings is 1. The fraction of sp³-hybridized carbons (Fsp3) is 0.105. The molecule has 124 valence electrons. The first kappa shape index (κ1) is 15.5. The summed E-state index contributed by atoms with van der Waals surface area (Å²) in [5, 5.41) is 7.14. The van der Waals surface area contributed by atoms with Gasteiger partial charge in [-0.2, -0.15) is 0 Å². The van der Waals surface area contributed by atoms with Crippen LogP contribution in [0.4, 0.5) is 0 Å². The number of hydrogen-bond donors (Lipinski definition) is 0. The standard InChI is InChI=1S/C19H15N3O2S/c1-22(19(23)14-5-6-18-13(10-14)7-9-25-18)12-15-11-17(21-24-15)16-4-2-3-8-20-16/h2-11H,12H2,1H3. The number of hydrogen-bond acceptors (Lipinski definition) is 5. The highest BCUT2D eigenvalue weighted by Crippen LogP contribution is 2.23. The van der Waals surface area contributed by atoms with E-state index in [-0.39, 0.29) is 5.91 Å². The first-order chi connectivity index (χ1) is 12.2. The normalized spacial score (nSPS) is 10.9. The Hall–Kier alpha value is -2.99. The maximum atomic E-state index is 12.6. The van der Waals surface area contributed by atoms with Gasteiger partial charge in [-0.05, 0) is 47.2 Å². The molecule has 5 nitrogen and oxygen atoms in total. The van der Waals surface area contributed by atoms with E-state index in [9.17, 15) is 4.79 Å². The van der Waals surface area contributed by atoms with Crippen LogP contribution in [0, 0.1) is 0 Å². The molecule has 0 radical (unpaired) electrons. The Labute approximate surface area is 148 Å². The van der Waals surface area contributed by atoms with Crippen LogP contribution >= 0.6 is 11.3 Å². The van der Waals surface area contributed by atoms with E-state index in [1.807, 2.05) is 53.9 Å². The van der Waals surface area contributed by atoms with E-state index in [1.165, 1.54) is 4.70 Å². The zero-order valence-corrected chi connectivity index (χ0v) is 14.4. The van der Waals surface area contributed by atoms with Crippen molar-refractivity contribution in [1.82, 2.24) is 15.0 Å². The summed E-state index contributed by atoms with van der Waals surface area (Å²) in [7, 11) is 1.75. The maximum Gasteiger partial charge on any atom is 0.254 e. The molecule has 0 fully saturated rings. The molecule has 0 unspecified atom stereocenters. The van der Waals surface area contributed by atoms with Crippen LogP contribution < -0.4 is 0 Å². The number of aromatic nitrogens is 2. The summed E-state index contributed by atoms with van der Waals surface area (Å²) < 4.78 is 6.53. The van der Waals surface area contributed by atoms with Gasteiger partial charge in [0.2, 0.25) is 0 Å². The van der Waals surface area contributed by atoms with Gasteiger partial charge in [0.15, 0.2) is 5.76 Å². The third kappa shape index (κ3) is 3.16. The SMILES string of the molecule is CN(Cc1cc(-c2ccccn2)no1)C(=O)c1ccc2sccc2c1. The minimum Gasteiger partial charge on any atom is -0.359 e. The Balaban J connectivity index is 1.50. The number of pyridine rings is 1. The monoisotopic (exact) mass is 349 g/mol. The molecule has 0 aliphatic rings. The smallest absolute Gasteiger partial charge is 0.254 e. The molecule has 6 heteroatoms. The Morgan fingerprint density at radius 2 is 2.08 bits per heavy atom. The van der Waals surface area contributed by atoms with Crippen LogP contribution in [0.1, 0.15) is 16.1 Å². The molecular formula is C19H15N3O2S. The van der Waals surface area contributed by atoms with Gasteiger partial charge >= 0.3 is 0 Å². The molecule has 3 heterocycles. The average Bonchev–Trinajstić information content (AvgIpc) is 3.30. The summed E-state index contributed by atoms with van der Waals surface area (Å²) in [4.78, 5) is 18.5. The van der Waals surface area contributed by atoms with Crippen LogP contribution in [0.2, 0.25) is 0 Å².